The number of nitrogen functional groups attached to an aromatic ring is 1. The second kappa shape index (κ2) is 5.37. The second-order valence-corrected chi connectivity index (χ2v) is 3.53. The van der Waals surface area contributed by atoms with E-state index in [0.717, 1.165) is 6.33 Å². The van der Waals surface area contributed by atoms with E-state index in [9.17, 15) is 15.2 Å². The molecule has 0 fully saturated rings. The number of anilines is 2. The molecule has 17 heavy (non-hydrogen) atoms. The first-order chi connectivity index (χ1) is 7.97. The third-order valence-corrected chi connectivity index (χ3v) is 2.02. The third kappa shape index (κ3) is 2.98. The summed E-state index contributed by atoms with van der Waals surface area (Å²) in [5.74, 6) is 5.17. The minimum absolute atomic E-state index is 0.0718. The molecule has 4 N–H and O–H groups in total. The molecule has 0 radical (unpaired) electrons. The number of aliphatic hydroxyl groups is 1. The van der Waals surface area contributed by atoms with Gasteiger partial charge in [0, 0.05) is 13.6 Å². The number of nitrogens with zero attached hydrogens (tertiary/aromatic N) is 4. The normalized spacial score (nSPS) is 12.0. The molecule has 1 heterocycles. The van der Waals surface area contributed by atoms with Crippen molar-refractivity contribution in [2.75, 3.05) is 23.9 Å². The molecule has 0 aromatic carbocycles. The lowest BCUT2D eigenvalue weighted by atomic mass is 10.3. The Morgan fingerprint density at radius 1 is 1.71 bits per heavy atom. The summed E-state index contributed by atoms with van der Waals surface area (Å²) in [6.07, 6.45) is 0.527. The molecule has 0 saturated carbocycles. The van der Waals surface area contributed by atoms with Gasteiger partial charge in [-0.2, -0.15) is 0 Å². The van der Waals surface area contributed by atoms with Gasteiger partial charge in [0.1, 0.15) is 6.33 Å². The molecule has 0 aliphatic rings. The average molecular weight is 242 g/mol. The van der Waals surface area contributed by atoms with Gasteiger partial charge in [0.2, 0.25) is 11.6 Å². The van der Waals surface area contributed by atoms with Gasteiger partial charge in [-0.15, -0.1) is 0 Å². The molecule has 9 nitrogen and oxygen atoms in total. The molecule has 1 unspecified atom stereocenters. The summed E-state index contributed by atoms with van der Waals surface area (Å²) in [5, 5.41) is 20.2. The van der Waals surface area contributed by atoms with E-state index >= 15 is 0 Å². The lowest BCUT2D eigenvalue weighted by molar-refractivity contribution is -0.383. The van der Waals surface area contributed by atoms with Crippen molar-refractivity contribution in [3.05, 3.63) is 16.4 Å². The number of nitrogens with one attached hydrogen (secondary N) is 1. The van der Waals surface area contributed by atoms with Crippen LogP contribution in [-0.4, -0.2) is 39.7 Å². The Kier molecular flexibility index (Phi) is 4.12. The highest BCUT2D eigenvalue weighted by atomic mass is 16.6. The Balaban J connectivity index is 3.18. The quantitative estimate of drug-likeness (QED) is 0.357. The highest BCUT2D eigenvalue weighted by Gasteiger charge is 2.25. The molecular formula is C8H14N6O3. The molecule has 1 aromatic rings. The molecule has 1 rings (SSSR count). The van der Waals surface area contributed by atoms with E-state index in [0.29, 0.717) is 0 Å². The molecule has 0 aliphatic heterocycles. The topological polar surface area (TPSA) is 130 Å². The van der Waals surface area contributed by atoms with Crippen LogP contribution in [0.15, 0.2) is 6.33 Å². The minimum Gasteiger partial charge on any atom is -0.392 e. The van der Waals surface area contributed by atoms with E-state index in [-0.39, 0.29) is 23.9 Å². The van der Waals surface area contributed by atoms with Gasteiger partial charge < -0.3 is 15.4 Å². The maximum Gasteiger partial charge on any atom is 0.354 e. The van der Waals surface area contributed by atoms with Gasteiger partial charge in [-0.3, -0.25) is 10.1 Å². The van der Waals surface area contributed by atoms with Crippen molar-refractivity contribution in [3.63, 3.8) is 0 Å². The van der Waals surface area contributed by atoms with Gasteiger partial charge in [0.05, 0.1) is 11.0 Å². The molecule has 0 bridgehead atoms. The number of likely N-dealkylation sites (N-methyl/N-ethyl adjacent to an activating group) is 1. The molecule has 94 valence electrons. The number of aliphatic hydroxyl groups excluding tert-OH is 1. The molecule has 1 atom stereocenters. The summed E-state index contributed by atoms with van der Waals surface area (Å²) in [6, 6.07) is 0. The van der Waals surface area contributed by atoms with Crippen LogP contribution in [0, 0.1) is 10.1 Å². The van der Waals surface area contributed by atoms with Crippen LogP contribution >= 0.6 is 0 Å². The predicted octanol–water partition coefficient (Wildman–Crippen LogP) is -0.513. The fraction of sp³-hybridized carbons (Fsp3) is 0.500. The van der Waals surface area contributed by atoms with Crippen LogP contribution in [-0.2, 0) is 0 Å². The summed E-state index contributed by atoms with van der Waals surface area (Å²) >= 11 is 0. The molecule has 0 spiro atoms. The summed E-state index contributed by atoms with van der Waals surface area (Å²) in [4.78, 5) is 19.3. The molecule has 9 heteroatoms. The first-order valence-electron chi connectivity index (χ1n) is 4.82. The van der Waals surface area contributed by atoms with Gasteiger partial charge in [0.15, 0.2) is 0 Å². The largest absolute Gasteiger partial charge is 0.392 e. The molecular weight excluding hydrogens is 228 g/mol. The first kappa shape index (κ1) is 13.1. The van der Waals surface area contributed by atoms with Gasteiger partial charge in [-0.1, -0.05) is 0 Å². The van der Waals surface area contributed by atoms with E-state index in [4.69, 9.17) is 5.84 Å². The fourth-order valence-corrected chi connectivity index (χ4v) is 1.41. The lowest BCUT2D eigenvalue weighted by Crippen LogP contribution is -2.28. The van der Waals surface area contributed by atoms with Crippen molar-refractivity contribution < 1.29 is 10.0 Å². The average Bonchev–Trinajstić information content (AvgIpc) is 2.26. The van der Waals surface area contributed by atoms with Crippen molar-refractivity contribution >= 4 is 17.3 Å². The SMILES string of the molecule is CC(O)CN(C)c1ncnc(NN)c1[N+](=O)[O-]. The molecule has 1 aromatic heterocycles. The van der Waals surface area contributed by atoms with Crippen molar-refractivity contribution in [2.24, 2.45) is 5.84 Å². The van der Waals surface area contributed by atoms with Gasteiger partial charge in [0.25, 0.3) is 0 Å². The zero-order valence-electron chi connectivity index (χ0n) is 9.49. The third-order valence-electron chi connectivity index (χ3n) is 2.02. The summed E-state index contributed by atoms with van der Waals surface area (Å²) in [5.41, 5.74) is 1.82. The van der Waals surface area contributed by atoms with Crippen LogP contribution in [0.1, 0.15) is 6.92 Å². The lowest BCUT2D eigenvalue weighted by Gasteiger charge is -2.19. The monoisotopic (exact) mass is 242 g/mol. The zero-order chi connectivity index (χ0) is 13.0. The number of aromatic nitrogens is 2. The predicted molar refractivity (Wildman–Crippen MR) is 61.4 cm³/mol. The Bertz CT molecular complexity index is 410. The molecule has 0 saturated heterocycles. The second-order valence-electron chi connectivity index (χ2n) is 3.53. The van der Waals surface area contributed by atoms with Crippen molar-refractivity contribution in [1.29, 1.82) is 0 Å². The van der Waals surface area contributed by atoms with Crippen LogP contribution in [0.25, 0.3) is 0 Å². The summed E-state index contributed by atoms with van der Waals surface area (Å²) in [7, 11) is 1.59. The van der Waals surface area contributed by atoms with Crippen LogP contribution in [0.5, 0.6) is 0 Å². The Hall–Kier alpha value is -2.00. The van der Waals surface area contributed by atoms with Gasteiger partial charge in [-0.05, 0) is 6.92 Å². The van der Waals surface area contributed by atoms with Crippen LogP contribution in [0.2, 0.25) is 0 Å². The van der Waals surface area contributed by atoms with E-state index in [1.54, 1.807) is 14.0 Å². The number of hydrogen-bond acceptors (Lipinski definition) is 8. The molecule has 0 amide bonds. The Morgan fingerprint density at radius 3 is 2.82 bits per heavy atom. The van der Waals surface area contributed by atoms with E-state index in [1.807, 2.05) is 0 Å². The van der Waals surface area contributed by atoms with Crippen LogP contribution in [0.4, 0.5) is 17.3 Å². The Labute approximate surface area is 97.4 Å². The standard InChI is InChI=1S/C8H14N6O3/c1-5(15)3-13(2)8-6(14(16)17)7(12-9)10-4-11-8/h4-5,15H,3,9H2,1-2H3,(H,10,11,12). The number of nitro groups is 1. The maximum atomic E-state index is 10.9. The van der Waals surface area contributed by atoms with E-state index < -0.39 is 11.0 Å². The minimum atomic E-state index is -0.635. The van der Waals surface area contributed by atoms with Crippen LogP contribution < -0.4 is 16.2 Å². The van der Waals surface area contributed by atoms with Crippen molar-refractivity contribution in [1.82, 2.24) is 9.97 Å². The van der Waals surface area contributed by atoms with Crippen molar-refractivity contribution in [2.45, 2.75) is 13.0 Å². The van der Waals surface area contributed by atoms with Gasteiger partial charge >= 0.3 is 5.69 Å². The summed E-state index contributed by atoms with van der Waals surface area (Å²) in [6.45, 7) is 1.79. The van der Waals surface area contributed by atoms with Crippen LogP contribution in [0.3, 0.4) is 0 Å². The van der Waals surface area contributed by atoms with E-state index in [2.05, 4.69) is 15.4 Å². The highest BCUT2D eigenvalue weighted by Crippen LogP contribution is 2.30. The first-order valence-corrected chi connectivity index (χ1v) is 4.82. The van der Waals surface area contributed by atoms with Crippen molar-refractivity contribution in [3.8, 4) is 0 Å². The zero-order valence-corrected chi connectivity index (χ0v) is 9.49. The molecule has 0 aliphatic carbocycles. The smallest absolute Gasteiger partial charge is 0.354 e. The summed E-state index contributed by atoms with van der Waals surface area (Å²) < 4.78 is 0. The number of hydrazine groups is 1. The highest BCUT2D eigenvalue weighted by molar-refractivity contribution is 5.69. The maximum absolute atomic E-state index is 10.9. The number of rotatable bonds is 5. The Morgan fingerprint density at radius 2 is 2.35 bits per heavy atom. The fourth-order valence-electron chi connectivity index (χ4n) is 1.41. The number of hydrogen-bond donors (Lipinski definition) is 3. The van der Waals surface area contributed by atoms with Gasteiger partial charge in [-0.25, -0.2) is 15.8 Å². The number of nitrogens with two attached hydrogens (primary N) is 1. The van der Waals surface area contributed by atoms with E-state index in [1.165, 1.54) is 4.90 Å².